The van der Waals surface area contributed by atoms with Crippen LogP contribution in [0.5, 0.6) is 5.75 Å². The highest BCUT2D eigenvalue weighted by Gasteiger charge is 2.22. The van der Waals surface area contributed by atoms with E-state index in [-0.39, 0.29) is 18.9 Å². The minimum absolute atomic E-state index is 0.0300. The SMILES string of the molecule is COc1ccccc1CC(CNC(=O)c1nc(C)sc1C)C(=O)O. The average Bonchev–Trinajstić information content (AvgIpc) is 2.89. The van der Waals surface area contributed by atoms with Crippen LogP contribution in [0.2, 0.25) is 0 Å². The van der Waals surface area contributed by atoms with E-state index < -0.39 is 11.9 Å². The van der Waals surface area contributed by atoms with Gasteiger partial charge in [-0.15, -0.1) is 11.3 Å². The molecule has 0 aliphatic carbocycles. The number of carbonyl (C=O) groups excluding carboxylic acids is 1. The number of methoxy groups -OCH3 is 1. The van der Waals surface area contributed by atoms with Gasteiger partial charge in [-0.05, 0) is 31.9 Å². The monoisotopic (exact) mass is 348 g/mol. The molecule has 0 spiro atoms. The van der Waals surface area contributed by atoms with Crippen molar-refractivity contribution in [2.45, 2.75) is 20.3 Å². The average molecular weight is 348 g/mol. The Bertz CT molecular complexity index is 742. The molecule has 2 aromatic rings. The number of ether oxygens (including phenoxy) is 1. The van der Waals surface area contributed by atoms with E-state index in [1.165, 1.54) is 11.3 Å². The fourth-order valence-corrected chi connectivity index (χ4v) is 3.24. The van der Waals surface area contributed by atoms with Crippen LogP contribution in [0.3, 0.4) is 0 Å². The maximum absolute atomic E-state index is 12.2. The summed E-state index contributed by atoms with van der Waals surface area (Å²) in [6.45, 7) is 3.68. The predicted molar refractivity (Wildman–Crippen MR) is 91.7 cm³/mol. The van der Waals surface area contributed by atoms with E-state index in [2.05, 4.69) is 10.3 Å². The number of rotatable bonds is 7. The number of hydrogen-bond acceptors (Lipinski definition) is 5. The van der Waals surface area contributed by atoms with E-state index in [0.717, 1.165) is 15.4 Å². The lowest BCUT2D eigenvalue weighted by Crippen LogP contribution is -2.34. The molecule has 0 radical (unpaired) electrons. The van der Waals surface area contributed by atoms with Gasteiger partial charge in [0.15, 0.2) is 0 Å². The number of aromatic nitrogens is 1. The number of thiazole rings is 1. The summed E-state index contributed by atoms with van der Waals surface area (Å²) in [5, 5.41) is 12.9. The number of para-hydroxylation sites is 1. The Morgan fingerprint density at radius 1 is 1.33 bits per heavy atom. The zero-order chi connectivity index (χ0) is 17.7. The molecule has 1 aromatic carbocycles. The number of aliphatic carboxylic acids is 1. The number of carboxylic acids is 1. The second-order valence-electron chi connectivity index (χ2n) is 5.40. The van der Waals surface area contributed by atoms with Gasteiger partial charge in [0.05, 0.1) is 18.0 Å². The van der Waals surface area contributed by atoms with Gasteiger partial charge in [0.25, 0.3) is 5.91 Å². The lowest BCUT2D eigenvalue weighted by molar-refractivity contribution is -0.141. The molecule has 0 aliphatic heterocycles. The smallest absolute Gasteiger partial charge is 0.308 e. The number of nitrogens with zero attached hydrogens (tertiary/aromatic N) is 1. The highest BCUT2D eigenvalue weighted by molar-refractivity contribution is 7.11. The minimum atomic E-state index is -0.965. The van der Waals surface area contributed by atoms with Crippen molar-refractivity contribution in [2.75, 3.05) is 13.7 Å². The molecule has 0 aliphatic rings. The normalized spacial score (nSPS) is 11.8. The molecule has 0 fully saturated rings. The Balaban J connectivity index is 2.05. The fourth-order valence-electron chi connectivity index (χ4n) is 2.42. The van der Waals surface area contributed by atoms with E-state index in [4.69, 9.17) is 4.74 Å². The Morgan fingerprint density at radius 3 is 2.62 bits per heavy atom. The molecule has 1 unspecified atom stereocenters. The zero-order valence-electron chi connectivity index (χ0n) is 13.8. The predicted octanol–water partition coefficient (Wildman–Crippen LogP) is 2.44. The molecule has 0 saturated carbocycles. The molecule has 1 amide bonds. The number of benzene rings is 1. The summed E-state index contributed by atoms with van der Waals surface area (Å²) in [6, 6.07) is 7.27. The molecule has 2 rings (SSSR count). The first-order chi connectivity index (χ1) is 11.4. The van der Waals surface area contributed by atoms with E-state index >= 15 is 0 Å². The summed E-state index contributed by atoms with van der Waals surface area (Å²) in [7, 11) is 1.55. The van der Waals surface area contributed by atoms with Gasteiger partial charge in [-0.2, -0.15) is 0 Å². The Kier molecular flexibility index (Phi) is 5.92. The topological polar surface area (TPSA) is 88.5 Å². The first-order valence-corrected chi connectivity index (χ1v) is 8.31. The number of carbonyl (C=O) groups is 2. The van der Waals surface area contributed by atoms with Crippen molar-refractivity contribution in [3.8, 4) is 5.75 Å². The molecule has 128 valence electrons. The lowest BCUT2D eigenvalue weighted by Gasteiger charge is -2.15. The number of aryl methyl sites for hydroxylation is 2. The standard InChI is InChI=1S/C17H20N2O4S/c1-10-15(19-11(2)24-10)16(20)18-9-13(17(21)22)8-12-6-4-5-7-14(12)23-3/h4-7,13H,8-9H2,1-3H3,(H,18,20)(H,21,22). The van der Waals surface area contributed by atoms with Crippen LogP contribution < -0.4 is 10.1 Å². The van der Waals surface area contributed by atoms with Gasteiger partial charge < -0.3 is 15.2 Å². The van der Waals surface area contributed by atoms with Gasteiger partial charge in [0.1, 0.15) is 11.4 Å². The minimum Gasteiger partial charge on any atom is -0.496 e. The van der Waals surface area contributed by atoms with Crippen LogP contribution in [0.15, 0.2) is 24.3 Å². The number of hydrogen-bond donors (Lipinski definition) is 2. The van der Waals surface area contributed by atoms with Gasteiger partial charge in [0.2, 0.25) is 0 Å². The van der Waals surface area contributed by atoms with Crippen molar-refractivity contribution >= 4 is 23.2 Å². The molecule has 24 heavy (non-hydrogen) atoms. The molecule has 1 heterocycles. The van der Waals surface area contributed by atoms with Crippen molar-refractivity contribution in [3.05, 3.63) is 45.4 Å². The Hall–Kier alpha value is -2.41. The summed E-state index contributed by atoms with van der Waals surface area (Å²) >= 11 is 1.44. The van der Waals surface area contributed by atoms with Crippen molar-refractivity contribution < 1.29 is 19.4 Å². The number of amides is 1. The summed E-state index contributed by atoms with van der Waals surface area (Å²) in [4.78, 5) is 28.7. The quantitative estimate of drug-likeness (QED) is 0.802. The molecule has 0 bridgehead atoms. The molecule has 7 heteroatoms. The lowest BCUT2D eigenvalue weighted by atomic mass is 9.98. The van der Waals surface area contributed by atoms with Crippen LogP contribution >= 0.6 is 11.3 Å². The largest absolute Gasteiger partial charge is 0.496 e. The van der Waals surface area contributed by atoms with Gasteiger partial charge in [-0.25, -0.2) is 4.98 Å². The second-order valence-corrected chi connectivity index (χ2v) is 6.81. The van der Waals surface area contributed by atoms with Gasteiger partial charge >= 0.3 is 5.97 Å². The maximum atomic E-state index is 12.2. The van der Waals surface area contributed by atoms with Crippen LogP contribution in [0.25, 0.3) is 0 Å². The molecule has 2 N–H and O–H groups in total. The molecular weight excluding hydrogens is 328 g/mol. The summed E-state index contributed by atoms with van der Waals surface area (Å²) in [5.41, 5.74) is 1.15. The molecule has 1 aromatic heterocycles. The Morgan fingerprint density at radius 2 is 2.04 bits per heavy atom. The Labute approximate surface area is 144 Å². The van der Waals surface area contributed by atoms with E-state index in [1.54, 1.807) is 13.2 Å². The van der Waals surface area contributed by atoms with E-state index in [9.17, 15) is 14.7 Å². The third-order valence-corrected chi connectivity index (χ3v) is 4.52. The molecular formula is C17H20N2O4S. The zero-order valence-corrected chi connectivity index (χ0v) is 14.6. The van der Waals surface area contributed by atoms with Crippen molar-refractivity contribution in [3.63, 3.8) is 0 Å². The van der Waals surface area contributed by atoms with Crippen molar-refractivity contribution in [1.29, 1.82) is 0 Å². The highest BCUT2D eigenvalue weighted by Crippen LogP contribution is 2.21. The van der Waals surface area contributed by atoms with Gasteiger partial charge in [-0.3, -0.25) is 9.59 Å². The highest BCUT2D eigenvalue weighted by atomic mass is 32.1. The van der Waals surface area contributed by atoms with E-state index in [0.29, 0.717) is 11.4 Å². The summed E-state index contributed by atoms with van der Waals surface area (Å²) in [5.74, 6) is -1.41. The van der Waals surface area contributed by atoms with Crippen molar-refractivity contribution in [2.24, 2.45) is 5.92 Å². The summed E-state index contributed by atoms with van der Waals surface area (Å²) in [6.07, 6.45) is 0.273. The molecule has 6 nitrogen and oxygen atoms in total. The van der Waals surface area contributed by atoms with E-state index in [1.807, 2.05) is 32.0 Å². The second kappa shape index (κ2) is 7.92. The van der Waals surface area contributed by atoms with Crippen LogP contribution in [0.4, 0.5) is 0 Å². The maximum Gasteiger partial charge on any atom is 0.308 e. The fraction of sp³-hybridized carbons (Fsp3) is 0.353. The van der Waals surface area contributed by atoms with Gasteiger partial charge in [0, 0.05) is 11.4 Å². The number of carboxylic acid groups (broad SMARTS) is 1. The molecule has 0 saturated heterocycles. The third kappa shape index (κ3) is 4.32. The summed E-state index contributed by atoms with van der Waals surface area (Å²) < 4.78 is 5.25. The van der Waals surface area contributed by atoms with Gasteiger partial charge in [-0.1, -0.05) is 18.2 Å². The third-order valence-electron chi connectivity index (χ3n) is 3.64. The molecule has 1 atom stereocenters. The number of nitrogens with one attached hydrogen (secondary N) is 1. The van der Waals surface area contributed by atoms with Crippen LogP contribution in [-0.4, -0.2) is 35.6 Å². The van der Waals surface area contributed by atoms with Crippen LogP contribution in [0.1, 0.15) is 25.9 Å². The van der Waals surface area contributed by atoms with Crippen molar-refractivity contribution in [1.82, 2.24) is 10.3 Å². The van der Waals surface area contributed by atoms with Crippen LogP contribution in [-0.2, 0) is 11.2 Å². The first-order valence-electron chi connectivity index (χ1n) is 7.49. The first kappa shape index (κ1) is 17.9. The van der Waals surface area contributed by atoms with Crippen LogP contribution in [0, 0.1) is 19.8 Å².